The first kappa shape index (κ1) is 19.2. The number of benzene rings is 1. The molecule has 7 heteroatoms. The maximum atomic E-state index is 12.2. The number of pyridine rings is 1. The number of hydrogen-bond donors (Lipinski definition) is 1. The van der Waals surface area contributed by atoms with Crippen LogP contribution in [0.4, 0.5) is 5.69 Å². The number of rotatable bonds is 5. The van der Waals surface area contributed by atoms with Crippen molar-refractivity contribution in [2.45, 2.75) is 42.9 Å². The van der Waals surface area contributed by atoms with Crippen molar-refractivity contribution in [1.82, 2.24) is 15.0 Å². The van der Waals surface area contributed by atoms with Crippen LogP contribution in [0.25, 0.3) is 11.3 Å². The van der Waals surface area contributed by atoms with Gasteiger partial charge in [0, 0.05) is 47.2 Å². The number of fused-ring (bicyclic) bond motifs is 2. The Morgan fingerprint density at radius 1 is 1.13 bits per heavy atom. The molecule has 1 fully saturated rings. The molecule has 30 heavy (non-hydrogen) atoms. The van der Waals surface area contributed by atoms with E-state index in [0.717, 1.165) is 47.8 Å². The Bertz CT molecular complexity index is 1220. The Balaban J connectivity index is 1.40. The van der Waals surface area contributed by atoms with Gasteiger partial charge < -0.3 is 5.32 Å². The van der Waals surface area contributed by atoms with Crippen molar-refractivity contribution in [3.8, 4) is 11.3 Å². The molecule has 1 aromatic carbocycles. The number of hydrogen-bond acceptors (Lipinski definition) is 6. The molecule has 1 spiro atoms. The van der Waals surface area contributed by atoms with E-state index in [0.29, 0.717) is 4.90 Å². The van der Waals surface area contributed by atoms with Gasteiger partial charge in [0.05, 0.1) is 16.3 Å². The SMILES string of the molecule is CCc1cccc(-c2cnc(C3CC34CNc3cc(S(=O)(=O)CC)ccc34)nc2)n1. The van der Waals surface area contributed by atoms with E-state index in [2.05, 4.69) is 27.2 Å². The minimum absolute atomic E-state index is 0.0360. The normalized spacial score (nSPS) is 22.0. The van der Waals surface area contributed by atoms with Gasteiger partial charge in [-0.25, -0.2) is 18.4 Å². The van der Waals surface area contributed by atoms with Crippen LogP contribution in [-0.4, -0.2) is 35.7 Å². The summed E-state index contributed by atoms with van der Waals surface area (Å²) in [4.78, 5) is 14.4. The van der Waals surface area contributed by atoms with Crippen LogP contribution in [0, 0.1) is 0 Å². The Kier molecular flexibility index (Phi) is 4.39. The van der Waals surface area contributed by atoms with Gasteiger partial charge >= 0.3 is 0 Å². The predicted molar refractivity (Wildman–Crippen MR) is 116 cm³/mol. The molecule has 5 rings (SSSR count). The van der Waals surface area contributed by atoms with Crippen molar-refractivity contribution >= 4 is 15.5 Å². The van der Waals surface area contributed by atoms with Crippen molar-refractivity contribution < 1.29 is 8.42 Å². The predicted octanol–water partition coefficient (Wildman–Crippen LogP) is 3.75. The highest BCUT2D eigenvalue weighted by molar-refractivity contribution is 7.91. The summed E-state index contributed by atoms with van der Waals surface area (Å²) in [6, 6.07) is 11.5. The fourth-order valence-electron chi connectivity index (χ4n) is 4.44. The molecule has 1 N–H and O–H groups in total. The summed E-state index contributed by atoms with van der Waals surface area (Å²) in [6.45, 7) is 4.55. The van der Waals surface area contributed by atoms with E-state index in [-0.39, 0.29) is 17.1 Å². The molecule has 3 heterocycles. The lowest BCUT2D eigenvalue weighted by atomic mass is 9.95. The van der Waals surface area contributed by atoms with Crippen LogP contribution < -0.4 is 5.32 Å². The fourth-order valence-corrected chi connectivity index (χ4v) is 5.34. The monoisotopic (exact) mass is 420 g/mol. The van der Waals surface area contributed by atoms with Crippen LogP contribution >= 0.6 is 0 Å². The molecule has 2 aromatic heterocycles. The lowest BCUT2D eigenvalue weighted by molar-refractivity contribution is 0.597. The first-order valence-electron chi connectivity index (χ1n) is 10.4. The lowest BCUT2D eigenvalue weighted by Gasteiger charge is -2.10. The molecule has 2 aliphatic rings. The highest BCUT2D eigenvalue weighted by Gasteiger charge is 2.60. The molecular formula is C23H24N4O2S. The summed E-state index contributed by atoms with van der Waals surface area (Å²) < 4.78 is 24.4. The van der Waals surface area contributed by atoms with Gasteiger partial charge in [0.2, 0.25) is 0 Å². The molecule has 1 aliphatic heterocycles. The maximum absolute atomic E-state index is 12.2. The first-order valence-corrected chi connectivity index (χ1v) is 12.0. The molecule has 0 amide bonds. The van der Waals surface area contributed by atoms with Crippen LogP contribution in [-0.2, 0) is 21.7 Å². The third-order valence-corrected chi connectivity index (χ3v) is 8.12. The summed E-state index contributed by atoms with van der Waals surface area (Å²) in [6.07, 6.45) is 5.58. The fraction of sp³-hybridized carbons (Fsp3) is 0.348. The molecule has 2 atom stereocenters. The van der Waals surface area contributed by atoms with Crippen molar-refractivity contribution in [2.75, 3.05) is 17.6 Å². The second-order valence-electron chi connectivity index (χ2n) is 8.07. The third-order valence-electron chi connectivity index (χ3n) is 6.38. The van der Waals surface area contributed by atoms with Crippen LogP contribution in [0.2, 0.25) is 0 Å². The molecular weight excluding hydrogens is 396 g/mol. The molecule has 0 radical (unpaired) electrons. The molecule has 154 valence electrons. The van der Waals surface area contributed by atoms with Crippen LogP contribution in [0.5, 0.6) is 0 Å². The largest absolute Gasteiger partial charge is 0.384 e. The summed E-state index contributed by atoms with van der Waals surface area (Å²) in [5.41, 5.74) is 4.92. The van der Waals surface area contributed by atoms with Crippen LogP contribution in [0.15, 0.2) is 53.7 Å². The Hall–Kier alpha value is -2.80. The second kappa shape index (κ2) is 6.87. The van der Waals surface area contributed by atoms with E-state index in [1.807, 2.05) is 36.7 Å². The van der Waals surface area contributed by atoms with Crippen LogP contribution in [0.1, 0.15) is 43.3 Å². The van der Waals surface area contributed by atoms with Gasteiger partial charge in [0.25, 0.3) is 0 Å². The van der Waals surface area contributed by atoms with Crippen molar-refractivity contribution in [3.63, 3.8) is 0 Å². The van der Waals surface area contributed by atoms with Gasteiger partial charge in [-0.2, -0.15) is 0 Å². The average molecular weight is 421 g/mol. The lowest BCUT2D eigenvalue weighted by Crippen LogP contribution is -2.13. The van der Waals surface area contributed by atoms with Crippen molar-refractivity contribution in [3.05, 3.63) is 65.9 Å². The van der Waals surface area contributed by atoms with E-state index in [9.17, 15) is 8.42 Å². The van der Waals surface area contributed by atoms with Crippen LogP contribution in [0.3, 0.4) is 0 Å². The van der Waals surface area contributed by atoms with E-state index < -0.39 is 9.84 Å². The van der Waals surface area contributed by atoms with Gasteiger partial charge in [-0.15, -0.1) is 0 Å². The average Bonchev–Trinajstić information content (AvgIpc) is 3.41. The number of nitrogens with zero attached hydrogens (tertiary/aromatic N) is 3. The zero-order valence-electron chi connectivity index (χ0n) is 17.1. The Morgan fingerprint density at radius 2 is 1.93 bits per heavy atom. The summed E-state index contributed by atoms with van der Waals surface area (Å²) in [5, 5.41) is 3.41. The highest BCUT2D eigenvalue weighted by Crippen LogP contribution is 2.63. The maximum Gasteiger partial charge on any atom is 0.178 e. The van der Waals surface area contributed by atoms with Crippen molar-refractivity contribution in [1.29, 1.82) is 0 Å². The molecule has 1 saturated carbocycles. The van der Waals surface area contributed by atoms with Gasteiger partial charge in [-0.05, 0) is 42.7 Å². The summed E-state index contributed by atoms with van der Waals surface area (Å²) >= 11 is 0. The quantitative estimate of drug-likeness (QED) is 0.677. The minimum atomic E-state index is -3.21. The molecule has 0 bridgehead atoms. The Labute approximate surface area is 176 Å². The highest BCUT2D eigenvalue weighted by atomic mass is 32.2. The third kappa shape index (κ3) is 2.99. The van der Waals surface area contributed by atoms with Gasteiger partial charge in [-0.1, -0.05) is 26.0 Å². The molecule has 2 unspecified atom stereocenters. The van der Waals surface area contributed by atoms with Gasteiger partial charge in [0.1, 0.15) is 5.82 Å². The standard InChI is InChI=1S/C23H24N4O2S/c1-3-16-6-5-7-20(27-16)15-12-24-22(25-13-15)19-11-23(19)14-26-21-10-17(8-9-18(21)23)30(28,29)4-2/h5-10,12-13,19,26H,3-4,11,14H2,1-2H3. The van der Waals surface area contributed by atoms with Crippen molar-refractivity contribution in [2.24, 2.45) is 0 Å². The smallest absolute Gasteiger partial charge is 0.178 e. The number of aromatic nitrogens is 3. The number of anilines is 1. The molecule has 0 saturated heterocycles. The number of nitrogens with one attached hydrogen (secondary N) is 1. The van der Waals surface area contributed by atoms with E-state index in [1.165, 1.54) is 5.56 Å². The first-order chi connectivity index (χ1) is 14.5. The topological polar surface area (TPSA) is 84.8 Å². The van der Waals surface area contributed by atoms with Gasteiger partial charge in [-0.3, -0.25) is 4.98 Å². The second-order valence-corrected chi connectivity index (χ2v) is 10.4. The number of sulfone groups is 1. The molecule has 3 aromatic rings. The minimum Gasteiger partial charge on any atom is -0.384 e. The summed E-state index contributed by atoms with van der Waals surface area (Å²) in [5.74, 6) is 1.18. The Morgan fingerprint density at radius 3 is 2.67 bits per heavy atom. The van der Waals surface area contributed by atoms with E-state index in [1.54, 1.807) is 19.1 Å². The van der Waals surface area contributed by atoms with Gasteiger partial charge in [0.15, 0.2) is 9.84 Å². The zero-order chi connectivity index (χ0) is 20.9. The molecule has 6 nitrogen and oxygen atoms in total. The van der Waals surface area contributed by atoms with E-state index in [4.69, 9.17) is 0 Å². The molecule has 1 aliphatic carbocycles. The summed E-state index contributed by atoms with van der Waals surface area (Å²) in [7, 11) is -3.21. The zero-order valence-corrected chi connectivity index (χ0v) is 17.9. The van der Waals surface area contributed by atoms with E-state index >= 15 is 0 Å². The number of aryl methyl sites for hydroxylation is 1.